The topological polar surface area (TPSA) is 38.1 Å². The third-order valence-corrected chi connectivity index (χ3v) is 4.70. The highest BCUT2D eigenvalue weighted by Crippen LogP contribution is 2.47. The van der Waals surface area contributed by atoms with Gasteiger partial charge < -0.3 is 9.84 Å². The molecule has 1 aliphatic heterocycles. The fourth-order valence-corrected chi connectivity index (χ4v) is 3.44. The average Bonchev–Trinajstić information content (AvgIpc) is 2.94. The van der Waals surface area contributed by atoms with Gasteiger partial charge in [0.15, 0.2) is 5.76 Å². The smallest absolute Gasteiger partial charge is 0.167 e. The summed E-state index contributed by atoms with van der Waals surface area (Å²) in [5, 5.41) is 8.52. The lowest BCUT2D eigenvalue weighted by Gasteiger charge is -2.31. The predicted octanol–water partition coefficient (Wildman–Crippen LogP) is 3.67. The van der Waals surface area contributed by atoms with Crippen LogP contribution in [0.25, 0.3) is 11.3 Å². The van der Waals surface area contributed by atoms with E-state index in [0.29, 0.717) is 11.1 Å². The summed E-state index contributed by atoms with van der Waals surface area (Å²) in [6.45, 7) is 1.12. The van der Waals surface area contributed by atoms with Gasteiger partial charge in [-0.15, -0.1) is 0 Å². The number of benzene rings is 1. The molecular weight excluding hydrogens is 260 g/mol. The van der Waals surface area contributed by atoms with Gasteiger partial charge >= 0.3 is 0 Å². The van der Waals surface area contributed by atoms with E-state index in [0.717, 1.165) is 35.4 Å². The van der Waals surface area contributed by atoms with Gasteiger partial charge in [0.25, 0.3) is 0 Å². The van der Waals surface area contributed by atoms with Gasteiger partial charge in [-0.25, -0.2) is 0 Å². The van der Waals surface area contributed by atoms with Crippen LogP contribution in [0.3, 0.4) is 0 Å². The van der Waals surface area contributed by atoms with Crippen molar-refractivity contribution in [3.8, 4) is 11.3 Å². The number of nitrogens with one attached hydrogen (secondary N) is 1. The molecule has 1 aliphatic carbocycles. The van der Waals surface area contributed by atoms with E-state index in [1.807, 2.05) is 30.3 Å². The van der Waals surface area contributed by atoms with Gasteiger partial charge in [-0.1, -0.05) is 28.9 Å². The molecule has 2 aliphatic rings. The summed E-state index contributed by atoms with van der Waals surface area (Å²) < 4.78 is 5.48. The maximum atomic E-state index is 6.01. The van der Waals surface area contributed by atoms with Crippen LogP contribution in [0.2, 0.25) is 5.02 Å². The molecule has 2 aromatic rings. The number of hydrogen-bond acceptors (Lipinski definition) is 3. The summed E-state index contributed by atoms with van der Waals surface area (Å²) in [4.78, 5) is 0. The van der Waals surface area contributed by atoms with Crippen LogP contribution in [0.4, 0.5) is 0 Å². The highest BCUT2D eigenvalue weighted by molar-refractivity contribution is 6.30. The molecule has 3 nitrogen and oxygen atoms in total. The number of hydrogen-bond donors (Lipinski definition) is 1. The molecule has 4 heteroatoms. The minimum atomic E-state index is 0.371. The van der Waals surface area contributed by atoms with Gasteiger partial charge in [-0.2, -0.15) is 0 Å². The van der Waals surface area contributed by atoms with Crippen LogP contribution < -0.4 is 5.32 Å². The molecule has 2 heterocycles. The SMILES string of the molecule is Clc1cccc(-c2cc([C@@H]3NC[C@H]4CC[C@H]43)no2)c1. The minimum absolute atomic E-state index is 0.371. The maximum Gasteiger partial charge on any atom is 0.167 e. The Hall–Kier alpha value is -1.32. The lowest BCUT2D eigenvalue weighted by atomic mass is 9.72. The van der Waals surface area contributed by atoms with Crippen molar-refractivity contribution in [1.29, 1.82) is 0 Å². The van der Waals surface area contributed by atoms with Gasteiger partial charge in [-0.3, -0.25) is 0 Å². The Morgan fingerprint density at radius 2 is 2.21 bits per heavy atom. The van der Waals surface area contributed by atoms with E-state index in [4.69, 9.17) is 16.1 Å². The van der Waals surface area contributed by atoms with Crippen molar-refractivity contribution in [3.05, 3.63) is 41.0 Å². The Balaban J connectivity index is 1.63. The van der Waals surface area contributed by atoms with Crippen LogP contribution in [-0.2, 0) is 0 Å². The Morgan fingerprint density at radius 1 is 1.26 bits per heavy atom. The normalized spacial score (nSPS) is 29.0. The molecule has 3 atom stereocenters. The number of halogens is 1. The van der Waals surface area contributed by atoms with Crippen molar-refractivity contribution < 1.29 is 4.52 Å². The van der Waals surface area contributed by atoms with Crippen molar-refractivity contribution in [2.75, 3.05) is 6.54 Å². The zero-order chi connectivity index (χ0) is 12.8. The van der Waals surface area contributed by atoms with Crippen molar-refractivity contribution in [2.45, 2.75) is 18.9 Å². The highest BCUT2D eigenvalue weighted by Gasteiger charge is 2.43. The van der Waals surface area contributed by atoms with Crippen molar-refractivity contribution in [3.63, 3.8) is 0 Å². The lowest BCUT2D eigenvalue weighted by Crippen LogP contribution is -2.25. The van der Waals surface area contributed by atoms with Crippen molar-refractivity contribution >= 4 is 11.6 Å². The fourth-order valence-electron chi connectivity index (χ4n) is 3.25. The first-order valence-electron chi connectivity index (χ1n) is 6.77. The van der Waals surface area contributed by atoms with Gasteiger partial charge in [0.05, 0.1) is 6.04 Å². The van der Waals surface area contributed by atoms with E-state index in [1.54, 1.807) is 0 Å². The summed E-state index contributed by atoms with van der Waals surface area (Å²) in [5.74, 6) is 2.38. The van der Waals surface area contributed by atoms with Crippen molar-refractivity contribution in [1.82, 2.24) is 10.5 Å². The van der Waals surface area contributed by atoms with Gasteiger partial charge in [0.2, 0.25) is 0 Å². The molecule has 4 rings (SSSR count). The van der Waals surface area contributed by atoms with Crippen LogP contribution >= 0.6 is 11.6 Å². The average molecular weight is 275 g/mol. The zero-order valence-electron chi connectivity index (χ0n) is 10.5. The number of nitrogens with zero attached hydrogens (tertiary/aromatic N) is 1. The third kappa shape index (κ3) is 1.88. The number of rotatable bonds is 2. The molecule has 1 saturated carbocycles. The molecule has 0 bridgehead atoms. The second-order valence-corrected chi connectivity index (χ2v) is 5.95. The molecule has 1 saturated heterocycles. The monoisotopic (exact) mass is 274 g/mol. The number of fused-ring (bicyclic) bond motifs is 1. The van der Waals surface area contributed by atoms with E-state index < -0.39 is 0 Å². The molecular formula is C15H15ClN2O. The second kappa shape index (κ2) is 4.36. The molecule has 1 N–H and O–H groups in total. The molecule has 0 radical (unpaired) electrons. The highest BCUT2D eigenvalue weighted by atomic mass is 35.5. The van der Waals surface area contributed by atoms with Crippen LogP contribution in [0.15, 0.2) is 34.9 Å². The third-order valence-electron chi connectivity index (χ3n) is 4.46. The molecule has 1 aromatic carbocycles. The summed E-state index contributed by atoms with van der Waals surface area (Å²) in [5.41, 5.74) is 2.01. The van der Waals surface area contributed by atoms with Crippen LogP contribution in [0.5, 0.6) is 0 Å². The van der Waals surface area contributed by atoms with E-state index >= 15 is 0 Å². The molecule has 1 aromatic heterocycles. The first kappa shape index (κ1) is 11.5. The van der Waals surface area contributed by atoms with Crippen molar-refractivity contribution in [2.24, 2.45) is 11.8 Å². The Bertz CT molecular complexity index is 610. The Labute approximate surface area is 116 Å². The van der Waals surface area contributed by atoms with Gasteiger partial charge in [0, 0.05) is 16.7 Å². The largest absolute Gasteiger partial charge is 0.356 e. The van der Waals surface area contributed by atoms with Gasteiger partial charge in [-0.05, 0) is 43.4 Å². The van der Waals surface area contributed by atoms with Gasteiger partial charge in [0.1, 0.15) is 5.69 Å². The Kier molecular flexibility index (Phi) is 2.64. The minimum Gasteiger partial charge on any atom is -0.356 e. The van der Waals surface area contributed by atoms with E-state index in [-0.39, 0.29) is 0 Å². The summed E-state index contributed by atoms with van der Waals surface area (Å²) in [7, 11) is 0. The molecule has 0 amide bonds. The molecule has 19 heavy (non-hydrogen) atoms. The van der Waals surface area contributed by atoms with E-state index in [9.17, 15) is 0 Å². The molecule has 2 fully saturated rings. The first-order chi connectivity index (χ1) is 9.31. The Morgan fingerprint density at radius 3 is 2.95 bits per heavy atom. The molecule has 0 spiro atoms. The van der Waals surface area contributed by atoms with Crippen LogP contribution in [0.1, 0.15) is 24.6 Å². The van der Waals surface area contributed by atoms with E-state index in [2.05, 4.69) is 10.5 Å². The lowest BCUT2D eigenvalue weighted by molar-refractivity contribution is 0.205. The fraction of sp³-hybridized carbons (Fsp3) is 0.400. The van der Waals surface area contributed by atoms with E-state index in [1.165, 1.54) is 12.8 Å². The van der Waals surface area contributed by atoms with Crippen LogP contribution in [0, 0.1) is 11.8 Å². The first-order valence-corrected chi connectivity index (χ1v) is 7.15. The standard InChI is InChI=1S/C15H15ClN2O/c16-11-3-1-2-9(6-11)14-7-13(18-19-14)15-12-5-4-10(12)8-17-15/h1-3,6-7,10,12,15,17H,4-5,8H2/t10-,12-,15-/m1/s1. The second-order valence-electron chi connectivity index (χ2n) is 5.51. The maximum absolute atomic E-state index is 6.01. The van der Waals surface area contributed by atoms with Crippen LogP contribution in [-0.4, -0.2) is 11.7 Å². The summed E-state index contributed by atoms with van der Waals surface area (Å²) >= 11 is 6.01. The quantitative estimate of drug-likeness (QED) is 0.908. The summed E-state index contributed by atoms with van der Waals surface area (Å²) in [6.07, 6.45) is 2.66. The zero-order valence-corrected chi connectivity index (χ0v) is 11.2. The number of aromatic nitrogens is 1. The predicted molar refractivity (Wildman–Crippen MR) is 73.9 cm³/mol. The molecule has 98 valence electrons. The molecule has 0 unspecified atom stereocenters. The summed E-state index contributed by atoms with van der Waals surface area (Å²) in [6, 6.07) is 10.1.